The Labute approximate surface area is 147 Å². The lowest BCUT2D eigenvalue weighted by atomic mass is 9.53. The maximum absolute atomic E-state index is 13.0. The van der Waals surface area contributed by atoms with Crippen LogP contribution in [0.3, 0.4) is 0 Å². The van der Waals surface area contributed by atoms with Gasteiger partial charge in [-0.25, -0.2) is 9.07 Å². The lowest BCUT2D eigenvalue weighted by molar-refractivity contribution is -0.0207. The molecule has 4 aliphatic rings. The third kappa shape index (κ3) is 3.10. The van der Waals surface area contributed by atoms with Crippen LogP contribution in [0.15, 0.2) is 30.5 Å². The van der Waals surface area contributed by atoms with E-state index in [4.69, 9.17) is 0 Å². The Morgan fingerprint density at radius 1 is 1.04 bits per heavy atom. The molecule has 6 rings (SSSR count). The van der Waals surface area contributed by atoms with E-state index in [1.807, 2.05) is 10.9 Å². The van der Waals surface area contributed by atoms with Crippen molar-refractivity contribution in [3.63, 3.8) is 0 Å². The minimum atomic E-state index is -0.206. The highest BCUT2D eigenvalue weighted by Crippen LogP contribution is 2.55. The molecule has 132 valence electrons. The van der Waals surface area contributed by atoms with Gasteiger partial charge in [-0.15, -0.1) is 5.10 Å². The maximum Gasteiger partial charge on any atom is 0.123 e. The largest absolute Gasteiger partial charge is 0.305 e. The van der Waals surface area contributed by atoms with Crippen molar-refractivity contribution in [1.82, 2.24) is 20.3 Å². The first-order chi connectivity index (χ1) is 12.2. The van der Waals surface area contributed by atoms with Gasteiger partial charge in [0.05, 0.1) is 18.4 Å². The third-order valence-corrected chi connectivity index (χ3v) is 6.53. The molecule has 0 saturated heterocycles. The molecule has 0 amide bonds. The van der Waals surface area contributed by atoms with Crippen LogP contribution in [0.2, 0.25) is 0 Å². The van der Waals surface area contributed by atoms with Crippen LogP contribution in [-0.2, 0) is 13.1 Å². The van der Waals surface area contributed by atoms with Gasteiger partial charge in [-0.2, -0.15) is 0 Å². The van der Waals surface area contributed by atoms with Crippen LogP contribution in [0.1, 0.15) is 49.8 Å². The van der Waals surface area contributed by atoms with Crippen LogP contribution in [-0.4, -0.2) is 20.5 Å². The molecule has 0 aliphatic heterocycles. The van der Waals surface area contributed by atoms with Crippen LogP contribution in [0, 0.1) is 23.6 Å². The molecule has 0 atom stereocenters. The molecule has 1 heterocycles. The number of hydrogen-bond donors (Lipinski definition) is 1. The summed E-state index contributed by atoms with van der Waals surface area (Å²) in [6.45, 7) is 1.43. The zero-order chi connectivity index (χ0) is 16.9. The minimum absolute atomic E-state index is 0.206. The van der Waals surface area contributed by atoms with Crippen LogP contribution >= 0.6 is 0 Å². The molecule has 1 aromatic heterocycles. The van der Waals surface area contributed by atoms with E-state index in [9.17, 15) is 4.39 Å². The Morgan fingerprint density at radius 2 is 1.68 bits per heavy atom. The van der Waals surface area contributed by atoms with Gasteiger partial charge >= 0.3 is 0 Å². The van der Waals surface area contributed by atoms with Gasteiger partial charge < -0.3 is 5.32 Å². The van der Waals surface area contributed by atoms with Gasteiger partial charge in [-0.3, -0.25) is 0 Å². The molecule has 4 saturated carbocycles. The number of benzene rings is 1. The molecule has 4 bridgehead atoms. The van der Waals surface area contributed by atoms with Gasteiger partial charge in [0.2, 0.25) is 0 Å². The molecule has 1 N–H and O–H groups in total. The fourth-order valence-electron chi connectivity index (χ4n) is 5.88. The van der Waals surface area contributed by atoms with Gasteiger partial charge in [0.1, 0.15) is 5.82 Å². The molecule has 0 spiro atoms. The summed E-state index contributed by atoms with van der Waals surface area (Å²) in [5.74, 6) is 2.65. The second-order valence-corrected chi connectivity index (χ2v) is 8.59. The lowest BCUT2D eigenvalue weighted by Gasteiger charge is -2.57. The number of halogens is 1. The molecule has 4 fully saturated rings. The summed E-state index contributed by atoms with van der Waals surface area (Å²) >= 11 is 0. The topological polar surface area (TPSA) is 42.7 Å². The summed E-state index contributed by atoms with van der Waals surface area (Å²) in [7, 11) is 0. The lowest BCUT2D eigenvalue weighted by Crippen LogP contribution is -2.58. The fraction of sp³-hybridized carbons (Fsp3) is 0.600. The summed E-state index contributed by atoms with van der Waals surface area (Å²) in [6.07, 6.45) is 10.5. The molecular formula is C20H25FN4. The Balaban J connectivity index is 1.22. The number of rotatable bonds is 5. The third-order valence-electron chi connectivity index (χ3n) is 6.53. The summed E-state index contributed by atoms with van der Waals surface area (Å²) in [5.41, 5.74) is 2.39. The van der Waals surface area contributed by atoms with E-state index < -0.39 is 0 Å². The van der Waals surface area contributed by atoms with Crippen molar-refractivity contribution in [2.24, 2.45) is 17.8 Å². The van der Waals surface area contributed by atoms with E-state index in [1.54, 1.807) is 12.1 Å². The van der Waals surface area contributed by atoms with E-state index >= 15 is 0 Å². The van der Waals surface area contributed by atoms with Gasteiger partial charge in [-0.05, 0) is 74.0 Å². The first-order valence-electron chi connectivity index (χ1n) is 9.54. The van der Waals surface area contributed by atoms with E-state index in [0.29, 0.717) is 12.1 Å². The van der Waals surface area contributed by atoms with E-state index in [0.717, 1.165) is 35.6 Å². The molecule has 25 heavy (non-hydrogen) atoms. The minimum Gasteiger partial charge on any atom is -0.305 e. The van der Waals surface area contributed by atoms with Crippen LogP contribution in [0.5, 0.6) is 0 Å². The van der Waals surface area contributed by atoms with Gasteiger partial charge in [0.15, 0.2) is 0 Å². The molecule has 4 aliphatic carbocycles. The van der Waals surface area contributed by atoms with Crippen molar-refractivity contribution in [2.45, 2.75) is 57.2 Å². The number of nitrogens with zero attached hydrogens (tertiary/aromatic N) is 3. The average Bonchev–Trinajstić information content (AvgIpc) is 3.02. The normalized spacial score (nSPS) is 33.1. The summed E-state index contributed by atoms with van der Waals surface area (Å²) in [5, 5.41) is 12.4. The molecule has 0 unspecified atom stereocenters. The van der Waals surface area contributed by atoms with E-state index in [2.05, 4.69) is 15.6 Å². The highest BCUT2D eigenvalue weighted by molar-refractivity contribution is 5.16. The van der Waals surface area contributed by atoms with Crippen LogP contribution < -0.4 is 5.32 Å². The Kier molecular flexibility index (Phi) is 3.66. The number of aromatic nitrogens is 3. The van der Waals surface area contributed by atoms with Crippen molar-refractivity contribution < 1.29 is 4.39 Å². The Hall–Kier alpha value is -1.75. The molecule has 5 heteroatoms. The average molecular weight is 340 g/mol. The first kappa shape index (κ1) is 15.5. The summed E-state index contributed by atoms with van der Waals surface area (Å²) in [4.78, 5) is 0. The predicted molar refractivity (Wildman–Crippen MR) is 93.3 cm³/mol. The van der Waals surface area contributed by atoms with Crippen molar-refractivity contribution in [3.05, 3.63) is 47.5 Å². The monoisotopic (exact) mass is 340 g/mol. The van der Waals surface area contributed by atoms with E-state index in [-0.39, 0.29) is 5.82 Å². The van der Waals surface area contributed by atoms with Crippen LogP contribution in [0.25, 0.3) is 0 Å². The SMILES string of the molecule is Fc1ccc(Cn2cc(CNC34CC5CC(CC(C5)C3)C4)nn2)cc1. The van der Waals surface area contributed by atoms with E-state index in [1.165, 1.54) is 50.7 Å². The van der Waals surface area contributed by atoms with Crippen molar-refractivity contribution in [1.29, 1.82) is 0 Å². The highest BCUT2D eigenvalue weighted by Gasteiger charge is 2.50. The molecule has 2 aromatic rings. The van der Waals surface area contributed by atoms with Crippen molar-refractivity contribution in [2.75, 3.05) is 0 Å². The Morgan fingerprint density at radius 3 is 2.32 bits per heavy atom. The molecule has 1 aromatic carbocycles. The molecular weight excluding hydrogens is 315 g/mol. The van der Waals surface area contributed by atoms with Crippen molar-refractivity contribution in [3.8, 4) is 0 Å². The molecule has 0 radical (unpaired) electrons. The van der Waals surface area contributed by atoms with Gasteiger partial charge in [-0.1, -0.05) is 17.3 Å². The smallest absolute Gasteiger partial charge is 0.123 e. The number of hydrogen-bond acceptors (Lipinski definition) is 3. The summed E-state index contributed by atoms with van der Waals surface area (Å²) < 4.78 is 14.8. The summed E-state index contributed by atoms with van der Waals surface area (Å²) in [6, 6.07) is 6.57. The highest BCUT2D eigenvalue weighted by atomic mass is 19.1. The standard InChI is InChI=1S/C20H25FN4/c21-18-3-1-14(2-4-18)12-25-13-19(23-24-25)11-22-20-8-15-5-16(9-20)7-17(6-15)10-20/h1-4,13,15-17,22H,5-12H2. The first-order valence-corrected chi connectivity index (χ1v) is 9.54. The van der Waals surface area contributed by atoms with Gasteiger partial charge in [0, 0.05) is 12.1 Å². The predicted octanol–water partition coefficient (Wildman–Crippen LogP) is 3.52. The van der Waals surface area contributed by atoms with Gasteiger partial charge in [0.25, 0.3) is 0 Å². The quantitative estimate of drug-likeness (QED) is 0.905. The second kappa shape index (κ2) is 5.90. The van der Waals surface area contributed by atoms with Crippen molar-refractivity contribution >= 4 is 0 Å². The molecule has 4 nitrogen and oxygen atoms in total. The Bertz CT molecular complexity index is 716. The second-order valence-electron chi connectivity index (χ2n) is 8.59. The zero-order valence-electron chi connectivity index (χ0n) is 14.5. The maximum atomic E-state index is 13.0. The zero-order valence-corrected chi connectivity index (χ0v) is 14.5. The fourth-order valence-corrected chi connectivity index (χ4v) is 5.88. The number of nitrogens with one attached hydrogen (secondary N) is 1. The van der Waals surface area contributed by atoms with Crippen LogP contribution in [0.4, 0.5) is 4.39 Å².